The number of unbranched alkanes of at least 4 members (excludes halogenated alkanes) is 1. The van der Waals surface area contributed by atoms with Crippen molar-refractivity contribution < 1.29 is 28.7 Å². The van der Waals surface area contributed by atoms with E-state index in [-0.39, 0.29) is 23.6 Å². The third kappa shape index (κ3) is 4.92. The molecule has 44 heavy (non-hydrogen) atoms. The van der Waals surface area contributed by atoms with Crippen LogP contribution >= 0.6 is 0 Å². The number of benzene rings is 4. The lowest BCUT2D eigenvalue weighted by molar-refractivity contribution is 0.0910. The molecule has 8 nitrogen and oxygen atoms in total. The molecule has 0 fully saturated rings. The monoisotopic (exact) mass is 588 g/mol. The van der Waals surface area contributed by atoms with E-state index in [1.165, 1.54) is 9.80 Å². The van der Waals surface area contributed by atoms with Crippen LogP contribution in [0.25, 0.3) is 0 Å². The Morgan fingerprint density at radius 2 is 0.886 bits per heavy atom. The first-order valence-corrected chi connectivity index (χ1v) is 14.6. The van der Waals surface area contributed by atoms with Crippen LogP contribution in [0.15, 0.2) is 72.8 Å². The van der Waals surface area contributed by atoms with E-state index in [0.29, 0.717) is 71.2 Å². The summed E-state index contributed by atoms with van der Waals surface area (Å²) in [5, 5.41) is 0. The number of nitrogens with zero attached hydrogens (tertiary/aromatic N) is 2. The number of anilines is 2. The van der Waals surface area contributed by atoms with Crippen molar-refractivity contribution in [2.45, 2.75) is 40.5 Å². The molecule has 0 unspecified atom stereocenters. The van der Waals surface area contributed by atoms with Crippen LogP contribution in [0.4, 0.5) is 11.4 Å². The smallest absolute Gasteiger partial charge is 0.266 e. The van der Waals surface area contributed by atoms with Gasteiger partial charge in [0.1, 0.15) is 11.5 Å². The number of imide groups is 2. The Hall–Kier alpha value is -5.24. The molecule has 0 saturated heterocycles. The largest absolute Gasteiger partial charge is 0.494 e. The molecule has 0 bridgehead atoms. The number of ether oxygens (including phenoxy) is 2. The lowest BCUT2D eigenvalue weighted by Gasteiger charge is -2.17. The first-order valence-electron chi connectivity index (χ1n) is 14.6. The highest BCUT2D eigenvalue weighted by atomic mass is 16.5. The highest BCUT2D eigenvalue weighted by Gasteiger charge is 2.39. The molecule has 2 aliphatic heterocycles. The van der Waals surface area contributed by atoms with Gasteiger partial charge < -0.3 is 9.47 Å². The zero-order valence-electron chi connectivity index (χ0n) is 25.1. The van der Waals surface area contributed by atoms with Gasteiger partial charge in [-0.2, -0.15) is 0 Å². The SMILES string of the molecule is Cc1cccc(N2C(=O)c3ccc(OCCCCOc4ccc5c(c4)C(=O)N(c4cccc(C)c4C)C5=O)cc3C2=O)c1C. The van der Waals surface area contributed by atoms with Crippen LogP contribution in [0.2, 0.25) is 0 Å². The molecule has 6 rings (SSSR count). The maximum atomic E-state index is 13.2. The fraction of sp³-hybridized carbons (Fsp3) is 0.222. The summed E-state index contributed by atoms with van der Waals surface area (Å²) in [7, 11) is 0. The molecular formula is C36H32N2O6. The van der Waals surface area contributed by atoms with Crippen molar-refractivity contribution in [3.05, 3.63) is 117 Å². The Morgan fingerprint density at radius 3 is 1.30 bits per heavy atom. The van der Waals surface area contributed by atoms with Gasteiger partial charge >= 0.3 is 0 Å². The van der Waals surface area contributed by atoms with Crippen LogP contribution in [0.1, 0.15) is 76.5 Å². The molecule has 4 aromatic rings. The van der Waals surface area contributed by atoms with E-state index >= 15 is 0 Å². The summed E-state index contributed by atoms with van der Waals surface area (Å²) in [6.45, 7) is 8.49. The maximum Gasteiger partial charge on any atom is 0.266 e. The van der Waals surface area contributed by atoms with E-state index in [1.807, 2.05) is 52.0 Å². The van der Waals surface area contributed by atoms with Crippen molar-refractivity contribution in [2.24, 2.45) is 0 Å². The van der Waals surface area contributed by atoms with Crippen molar-refractivity contribution in [1.82, 2.24) is 0 Å². The highest BCUT2D eigenvalue weighted by Crippen LogP contribution is 2.35. The summed E-state index contributed by atoms with van der Waals surface area (Å²) in [6, 6.07) is 21.1. The van der Waals surface area contributed by atoms with Gasteiger partial charge in [-0.1, -0.05) is 24.3 Å². The Morgan fingerprint density at radius 1 is 0.500 bits per heavy atom. The predicted molar refractivity (Wildman–Crippen MR) is 167 cm³/mol. The van der Waals surface area contributed by atoms with Crippen LogP contribution < -0.4 is 19.3 Å². The molecule has 0 radical (unpaired) electrons. The molecule has 4 amide bonds. The van der Waals surface area contributed by atoms with E-state index in [9.17, 15) is 19.2 Å². The highest BCUT2D eigenvalue weighted by molar-refractivity contribution is 6.35. The third-order valence-electron chi connectivity index (χ3n) is 8.43. The summed E-state index contributed by atoms with van der Waals surface area (Å²) in [5.41, 5.74) is 6.37. The second kappa shape index (κ2) is 11.4. The second-order valence-corrected chi connectivity index (χ2v) is 11.1. The summed E-state index contributed by atoms with van der Waals surface area (Å²) in [6.07, 6.45) is 1.36. The van der Waals surface area contributed by atoms with Gasteiger partial charge in [0.05, 0.1) is 46.8 Å². The van der Waals surface area contributed by atoms with Crippen LogP contribution in [0, 0.1) is 27.7 Å². The predicted octanol–water partition coefficient (Wildman–Crippen LogP) is 6.76. The van der Waals surface area contributed by atoms with Gasteiger partial charge in [0.2, 0.25) is 0 Å². The Kier molecular flexibility index (Phi) is 7.51. The molecule has 2 heterocycles. The van der Waals surface area contributed by atoms with Gasteiger partial charge in [-0.15, -0.1) is 0 Å². The topological polar surface area (TPSA) is 93.2 Å². The molecule has 0 aromatic heterocycles. The fourth-order valence-corrected chi connectivity index (χ4v) is 5.60. The summed E-state index contributed by atoms with van der Waals surface area (Å²) in [4.78, 5) is 54.9. The van der Waals surface area contributed by atoms with Crippen LogP contribution in [0.3, 0.4) is 0 Å². The Bertz CT molecular complexity index is 1720. The van der Waals surface area contributed by atoms with Crippen molar-refractivity contribution in [1.29, 1.82) is 0 Å². The lowest BCUT2D eigenvalue weighted by atomic mass is 10.1. The van der Waals surface area contributed by atoms with E-state index in [4.69, 9.17) is 9.47 Å². The van der Waals surface area contributed by atoms with Gasteiger partial charge in [0.15, 0.2) is 0 Å². The van der Waals surface area contributed by atoms with Gasteiger partial charge in [-0.25, -0.2) is 9.80 Å². The number of rotatable bonds is 9. The molecule has 222 valence electrons. The molecule has 8 heteroatoms. The summed E-state index contributed by atoms with van der Waals surface area (Å²) < 4.78 is 11.8. The van der Waals surface area contributed by atoms with Crippen LogP contribution in [-0.4, -0.2) is 36.8 Å². The normalized spacial score (nSPS) is 13.9. The van der Waals surface area contributed by atoms with Gasteiger partial charge in [0.25, 0.3) is 23.6 Å². The Labute approximate surface area is 255 Å². The number of hydrogen-bond acceptors (Lipinski definition) is 6. The second-order valence-electron chi connectivity index (χ2n) is 11.1. The lowest BCUT2D eigenvalue weighted by Crippen LogP contribution is -2.30. The Balaban J connectivity index is 1.02. The number of hydrogen-bond donors (Lipinski definition) is 0. The minimum absolute atomic E-state index is 0.331. The minimum Gasteiger partial charge on any atom is -0.494 e. The van der Waals surface area contributed by atoms with Crippen molar-refractivity contribution in [3.63, 3.8) is 0 Å². The standard InChI is InChI=1S/C36H32N2O6/c1-21-9-7-11-31(23(21)3)37-33(39)27-15-13-25(19-29(27)35(37)41)43-17-5-6-18-44-26-14-16-28-30(20-26)36(42)38(34(28)40)32-12-8-10-22(2)24(32)4/h7-16,19-20H,5-6,17-18H2,1-4H3. The van der Waals surface area contributed by atoms with Crippen LogP contribution in [0.5, 0.6) is 11.5 Å². The molecule has 2 aliphatic rings. The molecule has 0 saturated carbocycles. The quantitative estimate of drug-likeness (QED) is 0.158. The summed E-state index contributed by atoms with van der Waals surface area (Å²) >= 11 is 0. The first kappa shape index (κ1) is 28.9. The minimum atomic E-state index is -0.357. The number of aryl methyl sites for hydroxylation is 2. The molecule has 0 aliphatic carbocycles. The van der Waals surface area contributed by atoms with Crippen molar-refractivity contribution in [2.75, 3.05) is 23.0 Å². The van der Waals surface area contributed by atoms with Crippen molar-refractivity contribution in [3.8, 4) is 11.5 Å². The average molecular weight is 589 g/mol. The molecular weight excluding hydrogens is 556 g/mol. The molecule has 0 spiro atoms. The maximum absolute atomic E-state index is 13.2. The third-order valence-corrected chi connectivity index (χ3v) is 8.43. The number of fused-ring (bicyclic) bond motifs is 2. The zero-order valence-corrected chi connectivity index (χ0v) is 25.1. The molecule has 0 N–H and O–H groups in total. The van der Waals surface area contributed by atoms with Gasteiger partial charge in [0, 0.05) is 0 Å². The summed E-state index contributed by atoms with van der Waals surface area (Å²) in [5.74, 6) is -0.350. The van der Waals surface area contributed by atoms with E-state index < -0.39 is 0 Å². The van der Waals surface area contributed by atoms with E-state index in [0.717, 1.165) is 22.3 Å². The zero-order chi connectivity index (χ0) is 31.1. The van der Waals surface area contributed by atoms with Crippen molar-refractivity contribution >= 4 is 35.0 Å². The number of amides is 4. The van der Waals surface area contributed by atoms with Gasteiger partial charge in [-0.3, -0.25) is 19.2 Å². The van der Waals surface area contributed by atoms with Crippen LogP contribution in [-0.2, 0) is 0 Å². The first-order chi connectivity index (χ1) is 21.2. The average Bonchev–Trinajstić information content (AvgIpc) is 3.41. The van der Waals surface area contributed by atoms with E-state index in [1.54, 1.807) is 48.5 Å². The number of carbonyl (C=O) groups excluding carboxylic acids is 4. The molecule has 0 atom stereocenters. The fourth-order valence-electron chi connectivity index (χ4n) is 5.60. The van der Waals surface area contributed by atoms with Gasteiger partial charge in [-0.05, 0) is 111 Å². The number of carbonyl (C=O) groups is 4. The molecule has 4 aromatic carbocycles. The van der Waals surface area contributed by atoms with E-state index in [2.05, 4.69) is 0 Å².